The van der Waals surface area contributed by atoms with Crippen molar-refractivity contribution in [3.63, 3.8) is 0 Å². The average Bonchev–Trinajstić information content (AvgIpc) is 3.25. The zero-order valence-electron chi connectivity index (χ0n) is 23.3. The summed E-state index contributed by atoms with van der Waals surface area (Å²) in [5, 5.41) is 12.2. The maximum atomic E-state index is 14.3. The SMILES string of the molecule is CC1=C(C)C(=O)[C@@]2(C)[C@@H](c3ccc(O)c4ccccc34)C3=CC[C@@H]4C(=O)N(c5ccccc5)C(=O)[C@@H]4[C@@H]3C[C@H]2C1=O. The van der Waals surface area contributed by atoms with Gasteiger partial charge in [-0.25, -0.2) is 0 Å². The molecule has 0 unspecified atom stereocenters. The van der Waals surface area contributed by atoms with Crippen molar-refractivity contribution in [1.29, 1.82) is 0 Å². The molecular formula is C35H31NO5. The van der Waals surface area contributed by atoms with E-state index in [1.807, 2.05) is 55.5 Å². The molecule has 1 heterocycles. The zero-order valence-corrected chi connectivity index (χ0v) is 23.3. The summed E-state index contributed by atoms with van der Waals surface area (Å²) in [5.74, 6) is -3.02. The molecule has 3 aromatic carbocycles. The van der Waals surface area contributed by atoms with Crippen LogP contribution in [0.15, 0.2) is 89.5 Å². The lowest BCUT2D eigenvalue weighted by atomic mass is 9.46. The van der Waals surface area contributed by atoms with Gasteiger partial charge < -0.3 is 5.11 Å². The number of carbonyl (C=O) groups is 4. The highest BCUT2D eigenvalue weighted by molar-refractivity contribution is 6.22. The van der Waals surface area contributed by atoms with Crippen LogP contribution in [0.25, 0.3) is 10.8 Å². The number of aromatic hydroxyl groups is 1. The fourth-order valence-corrected chi connectivity index (χ4v) is 8.31. The summed E-state index contributed by atoms with van der Waals surface area (Å²) in [7, 11) is 0. The number of imide groups is 1. The molecule has 2 fully saturated rings. The summed E-state index contributed by atoms with van der Waals surface area (Å²) in [5.41, 5.74) is 2.25. The third-order valence-electron chi connectivity index (χ3n) is 10.4. The first-order chi connectivity index (χ1) is 19.7. The standard InChI is InChI=1S/C35H31NO5/c1-18-19(2)32(39)35(3)27(31(18)38)17-26-24(30(35)23-15-16-28(37)22-12-8-7-11-21(22)23)13-14-25-29(26)34(41)36(33(25)40)20-9-5-4-6-10-20/h4-13,15-16,25-27,29-30,37H,14,17H2,1-3H3/t25-,26+,27-,29-,30-,35+/m0/s1. The molecule has 1 aliphatic heterocycles. The Morgan fingerprint density at radius 2 is 1.49 bits per heavy atom. The molecule has 0 aromatic heterocycles. The van der Waals surface area contributed by atoms with Crippen molar-refractivity contribution in [2.45, 2.75) is 39.5 Å². The van der Waals surface area contributed by atoms with Crippen LogP contribution in [0.2, 0.25) is 0 Å². The van der Waals surface area contributed by atoms with Gasteiger partial charge in [-0.2, -0.15) is 0 Å². The Bertz CT molecular complexity index is 1750. The number of hydrogen-bond donors (Lipinski definition) is 1. The normalized spacial score (nSPS) is 31.2. The third-order valence-corrected chi connectivity index (χ3v) is 10.4. The van der Waals surface area contributed by atoms with Crippen LogP contribution < -0.4 is 4.90 Å². The highest BCUT2D eigenvalue weighted by Gasteiger charge is 2.64. The van der Waals surface area contributed by atoms with Crippen LogP contribution in [-0.2, 0) is 19.2 Å². The number of fused-ring (bicyclic) bond motifs is 5. The van der Waals surface area contributed by atoms with Gasteiger partial charge in [-0.3, -0.25) is 24.1 Å². The molecule has 3 aliphatic carbocycles. The number of carbonyl (C=O) groups excluding carboxylic acids is 4. The van der Waals surface area contributed by atoms with Crippen LogP contribution in [0, 0.1) is 29.1 Å². The van der Waals surface area contributed by atoms with Gasteiger partial charge in [0, 0.05) is 17.2 Å². The fraction of sp³-hybridized carbons (Fsp3) is 0.314. The van der Waals surface area contributed by atoms with Crippen molar-refractivity contribution in [3.05, 3.63) is 95.1 Å². The molecule has 7 rings (SSSR count). The first kappa shape index (κ1) is 25.6. The first-order valence-corrected chi connectivity index (χ1v) is 14.3. The van der Waals surface area contributed by atoms with Crippen molar-refractivity contribution < 1.29 is 24.3 Å². The number of allylic oxidation sites excluding steroid dienone is 4. The molecule has 3 aromatic rings. The van der Waals surface area contributed by atoms with Crippen LogP contribution in [0.3, 0.4) is 0 Å². The van der Waals surface area contributed by atoms with Gasteiger partial charge >= 0.3 is 0 Å². The second-order valence-corrected chi connectivity index (χ2v) is 12.2. The van der Waals surface area contributed by atoms with Crippen molar-refractivity contribution in [2.75, 3.05) is 4.90 Å². The molecular weight excluding hydrogens is 514 g/mol. The predicted molar refractivity (Wildman–Crippen MR) is 155 cm³/mol. The lowest BCUT2D eigenvalue weighted by molar-refractivity contribution is -0.142. The van der Waals surface area contributed by atoms with E-state index in [-0.39, 0.29) is 35.0 Å². The van der Waals surface area contributed by atoms with Gasteiger partial charge in [-0.05, 0) is 72.9 Å². The van der Waals surface area contributed by atoms with E-state index in [9.17, 15) is 24.3 Å². The minimum absolute atomic E-state index is 0.0528. The molecule has 41 heavy (non-hydrogen) atoms. The number of anilines is 1. The number of phenols is 1. The van der Waals surface area contributed by atoms with Gasteiger partial charge in [0.2, 0.25) is 11.8 Å². The molecule has 1 N–H and O–H groups in total. The van der Waals surface area contributed by atoms with E-state index < -0.39 is 29.1 Å². The highest BCUT2D eigenvalue weighted by Crippen LogP contribution is 2.63. The summed E-state index contributed by atoms with van der Waals surface area (Å²) in [4.78, 5) is 57.3. The number of hydrogen-bond acceptors (Lipinski definition) is 5. The van der Waals surface area contributed by atoms with E-state index in [4.69, 9.17) is 0 Å². The fourth-order valence-electron chi connectivity index (χ4n) is 8.31. The summed E-state index contributed by atoms with van der Waals surface area (Å²) in [6.45, 7) is 5.36. The van der Waals surface area contributed by atoms with Crippen molar-refractivity contribution >= 4 is 39.8 Å². The molecule has 6 atom stereocenters. The second kappa shape index (κ2) is 8.84. The monoisotopic (exact) mass is 545 g/mol. The van der Waals surface area contributed by atoms with Crippen molar-refractivity contribution in [2.24, 2.45) is 29.1 Å². The summed E-state index contributed by atoms with van der Waals surface area (Å²) in [6, 6.07) is 20.0. The smallest absolute Gasteiger partial charge is 0.238 e. The van der Waals surface area contributed by atoms with Gasteiger partial charge in [-0.1, -0.05) is 67.1 Å². The van der Waals surface area contributed by atoms with Crippen molar-refractivity contribution in [1.82, 2.24) is 0 Å². The summed E-state index contributed by atoms with van der Waals surface area (Å²) < 4.78 is 0. The van der Waals surface area contributed by atoms with Gasteiger partial charge in [0.05, 0.1) is 22.9 Å². The zero-order chi connectivity index (χ0) is 28.8. The van der Waals surface area contributed by atoms with Gasteiger partial charge in [0.1, 0.15) is 5.75 Å². The molecule has 0 bridgehead atoms. The van der Waals surface area contributed by atoms with Crippen molar-refractivity contribution in [3.8, 4) is 5.75 Å². The largest absolute Gasteiger partial charge is 0.507 e. The Kier molecular flexibility index (Phi) is 5.53. The lowest BCUT2D eigenvalue weighted by Gasteiger charge is -2.54. The Labute approximate surface area is 238 Å². The van der Waals surface area contributed by atoms with Crippen LogP contribution >= 0.6 is 0 Å². The predicted octanol–water partition coefficient (Wildman–Crippen LogP) is 5.90. The number of nitrogens with zero attached hydrogens (tertiary/aromatic N) is 1. The molecule has 6 nitrogen and oxygen atoms in total. The van der Waals surface area contributed by atoms with E-state index in [0.29, 0.717) is 35.1 Å². The summed E-state index contributed by atoms with van der Waals surface area (Å²) >= 11 is 0. The number of amides is 2. The lowest BCUT2D eigenvalue weighted by Crippen LogP contribution is -2.55. The number of benzene rings is 3. The number of para-hydroxylation sites is 1. The minimum atomic E-state index is -1.07. The average molecular weight is 546 g/mol. The summed E-state index contributed by atoms with van der Waals surface area (Å²) in [6.07, 6.45) is 2.80. The highest BCUT2D eigenvalue weighted by atomic mass is 16.3. The number of phenolic OH excluding ortho intramolecular Hbond substituents is 1. The molecule has 6 heteroatoms. The van der Waals surface area contributed by atoms with E-state index in [1.54, 1.807) is 32.0 Å². The Morgan fingerprint density at radius 3 is 2.22 bits per heavy atom. The van der Waals surface area contributed by atoms with Gasteiger partial charge in [0.15, 0.2) is 11.6 Å². The van der Waals surface area contributed by atoms with Crippen LogP contribution in [0.4, 0.5) is 5.69 Å². The molecule has 1 saturated carbocycles. The van der Waals surface area contributed by atoms with E-state index >= 15 is 0 Å². The van der Waals surface area contributed by atoms with Gasteiger partial charge in [0.25, 0.3) is 0 Å². The van der Waals surface area contributed by atoms with Crippen LogP contribution in [0.1, 0.15) is 45.1 Å². The first-order valence-electron chi connectivity index (χ1n) is 14.3. The van der Waals surface area contributed by atoms with E-state index in [1.165, 1.54) is 4.90 Å². The quantitative estimate of drug-likeness (QED) is 0.320. The Morgan fingerprint density at radius 1 is 0.805 bits per heavy atom. The number of rotatable bonds is 2. The van der Waals surface area contributed by atoms with E-state index in [2.05, 4.69) is 6.08 Å². The Hall–Kier alpha value is -4.32. The van der Waals surface area contributed by atoms with Crippen LogP contribution in [-0.4, -0.2) is 28.5 Å². The molecule has 1 saturated heterocycles. The van der Waals surface area contributed by atoms with Gasteiger partial charge in [-0.15, -0.1) is 0 Å². The number of ketones is 2. The maximum Gasteiger partial charge on any atom is 0.238 e. The topological polar surface area (TPSA) is 91.8 Å². The molecule has 206 valence electrons. The second-order valence-electron chi connectivity index (χ2n) is 12.2. The molecule has 4 aliphatic rings. The molecule has 0 spiro atoms. The molecule has 2 amide bonds. The third kappa shape index (κ3) is 3.30. The van der Waals surface area contributed by atoms with E-state index in [0.717, 1.165) is 16.5 Å². The molecule has 0 radical (unpaired) electrons. The minimum Gasteiger partial charge on any atom is -0.507 e. The maximum absolute atomic E-state index is 14.3. The Balaban J connectivity index is 1.45. The number of Topliss-reactive ketones (excluding diaryl/α,β-unsaturated/α-hetero) is 2. The van der Waals surface area contributed by atoms with Crippen LogP contribution in [0.5, 0.6) is 5.75 Å².